The van der Waals surface area contributed by atoms with Crippen LogP contribution in [0.15, 0.2) is 28.7 Å². The van der Waals surface area contributed by atoms with E-state index in [0.717, 1.165) is 22.9 Å². The van der Waals surface area contributed by atoms with Gasteiger partial charge < -0.3 is 10.0 Å². The highest BCUT2D eigenvalue weighted by Crippen LogP contribution is 2.24. The summed E-state index contributed by atoms with van der Waals surface area (Å²) in [4.78, 5) is 25.5. The monoisotopic (exact) mass is 367 g/mol. The highest BCUT2D eigenvalue weighted by atomic mass is 79.9. The fourth-order valence-corrected chi connectivity index (χ4v) is 3.39. The lowest BCUT2D eigenvalue weighted by Gasteiger charge is -2.32. The van der Waals surface area contributed by atoms with Crippen molar-refractivity contribution in [2.75, 3.05) is 13.1 Å². The van der Waals surface area contributed by atoms with Crippen LogP contribution >= 0.6 is 15.9 Å². The van der Waals surface area contributed by atoms with Gasteiger partial charge in [0.1, 0.15) is 0 Å². The summed E-state index contributed by atoms with van der Waals surface area (Å²) in [6.45, 7) is 3.15. The number of aliphatic carboxylic acids is 1. The predicted octanol–water partition coefficient (Wildman–Crippen LogP) is 3.34. The summed E-state index contributed by atoms with van der Waals surface area (Å²) >= 11 is 3.53. The van der Waals surface area contributed by atoms with E-state index in [9.17, 15) is 9.59 Å². The normalized spacial score (nSPS) is 17.3. The molecular weight excluding hydrogens is 346 g/mol. The van der Waals surface area contributed by atoms with Crippen molar-refractivity contribution in [3.63, 3.8) is 0 Å². The number of piperidine rings is 1. The Morgan fingerprint density at radius 1 is 1.32 bits per heavy atom. The molecule has 1 aliphatic heterocycles. The van der Waals surface area contributed by atoms with Crippen LogP contribution in [-0.2, 0) is 16.0 Å². The molecule has 1 atom stereocenters. The molecule has 120 valence electrons. The number of carboxylic acids is 1. The van der Waals surface area contributed by atoms with Gasteiger partial charge >= 0.3 is 5.97 Å². The number of benzene rings is 1. The first-order valence-electron chi connectivity index (χ1n) is 7.78. The van der Waals surface area contributed by atoms with Crippen molar-refractivity contribution in [2.45, 2.75) is 32.6 Å². The van der Waals surface area contributed by atoms with E-state index >= 15 is 0 Å². The summed E-state index contributed by atoms with van der Waals surface area (Å²) in [7, 11) is 0. The van der Waals surface area contributed by atoms with Crippen molar-refractivity contribution in [1.82, 2.24) is 4.90 Å². The Balaban J connectivity index is 1.98. The fraction of sp³-hybridized carbons (Fsp3) is 0.529. The molecular formula is C17H22BrNO3. The third-order valence-electron chi connectivity index (χ3n) is 4.42. The zero-order valence-corrected chi connectivity index (χ0v) is 14.4. The van der Waals surface area contributed by atoms with E-state index < -0.39 is 5.97 Å². The highest BCUT2D eigenvalue weighted by Gasteiger charge is 2.30. The topological polar surface area (TPSA) is 57.6 Å². The molecule has 1 fully saturated rings. The maximum absolute atomic E-state index is 12.7. The van der Waals surface area contributed by atoms with E-state index in [2.05, 4.69) is 15.9 Å². The highest BCUT2D eigenvalue weighted by molar-refractivity contribution is 9.10. The lowest BCUT2D eigenvalue weighted by molar-refractivity contribution is -0.146. The number of carboxylic acid groups (broad SMARTS) is 1. The summed E-state index contributed by atoms with van der Waals surface area (Å²) in [5, 5.41) is 9.04. The Labute approximate surface area is 139 Å². The quantitative estimate of drug-likeness (QED) is 0.867. The second-order valence-corrected chi connectivity index (χ2v) is 6.69. The van der Waals surface area contributed by atoms with Crippen LogP contribution in [-0.4, -0.2) is 35.0 Å². The van der Waals surface area contributed by atoms with Crippen LogP contribution in [0.5, 0.6) is 0 Å². The lowest BCUT2D eigenvalue weighted by Crippen LogP contribution is -2.43. The van der Waals surface area contributed by atoms with Crippen molar-refractivity contribution in [3.8, 4) is 0 Å². The predicted molar refractivity (Wildman–Crippen MR) is 88.6 cm³/mol. The van der Waals surface area contributed by atoms with Gasteiger partial charge in [-0.2, -0.15) is 0 Å². The molecule has 0 saturated carbocycles. The van der Waals surface area contributed by atoms with Crippen molar-refractivity contribution in [3.05, 3.63) is 34.3 Å². The molecule has 0 radical (unpaired) electrons. The van der Waals surface area contributed by atoms with E-state index in [1.54, 1.807) is 0 Å². The van der Waals surface area contributed by atoms with Crippen LogP contribution in [0, 0.1) is 11.8 Å². The Bertz CT molecular complexity index is 538. The summed E-state index contributed by atoms with van der Waals surface area (Å²) < 4.78 is 1.03. The third-order valence-corrected chi connectivity index (χ3v) is 5.20. The van der Waals surface area contributed by atoms with Crippen molar-refractivity contribution >= 4 is 27.8 Å². The number of rotatable bonds is 5. The molecule has 1 saturated heterocycles. The number of halogens is 1. The molecule has 1 amide bonds. The number of likely N-dealkylation sites (tertiary alicyclic amines) is 1. The summed E-state index contributed by atoms with van der Waals surface area (Å²) in [5.41, 5.74) is 1.14. The van der Waals surface area contributed by atoms with Crippen LogP contribution in [0.3, 0.4) is 0 Å². The average molecular weight is 368 g/mol. The van der Waals surface area contributed by atoms with Gasteiger partial charge in [-0.3, -0.25) is 9.59 Å². The minimum atomic E-state index is -0.743. The number of amides is 1. The van der Waals surface area contributed by atoms with Crippen LogP contribution in [0.1, 0.15) is 31.7 Å². The van der Waals surface area contributed by atoms with Gasteiger partial charge in [0.25, 0.3) is 0 Å². The van der Waals surface area contributed by atoms with Crippen LogP contribution in [0.4, 0.5) is 0 Å². The molecule has 0 aliphatic carbocycles. The molecule has 0 bridgehead atoms. The van der Waals surface area contributed by atoms with E-state index in [1.165, 1.54) is 0 Å². The standard InChI is InChI=1S/C17H22BrNO3/c1-2-12(11-14-5-3-4-6-15(14)18)16(20)19-9-7-13(8-10-19)17(21)22/h3-6,12-13H,2,7-11H2,1H3,(H,21,22)/t12-/m0/s1. The Morgan fingerprint density at radius 3 is 2.50 bits per heavy atom. The molecule has 0 aromatic heterocycles. The second-order valence-electron chi connectivity index (χ2n) is 5.84. The first kappa shape index (κ1) is 17.0. The van der Waals surface area contributed by atoms with Crippen molar-refractivity contribution in [2.24, 2.45) is 11.8 Å². The van der Waals surface area contributed by atoms with Crippen LogP contribution in [0.2, 0.25) is 0 Å². The van der Waals surface area contributed by atoms with Gasteiger partial charge in [0.05, 0.1) is 5.92 Å². The maximum Gasteiger partial charge on any atom is 0.306 e. The zero-order valence-electron chi connectivity index (χ0n) is 12.8. The van der Waals surface area contributed by atoms with Gasteiger partial charge in [0.2, 0.25) is 5.91 Å². The Hall–Kier alpha value is -1.36. The van der Waals surface area contributed by atoms with E-state index in [0.29, 0.717) is 25.9 Å². The van der Waals surface area contributed by atoms with E-state index in [4.69, 9.17) is 5.11 Å². The van der Waals surface area contributed by atoms with Crippen molar-refractivity contribution in [1.29, 1.82) is 0 Å². The first-order chi connectivity index (χ1) is 10.5. The molecule has 1 aliphatic rings. The summed E-state index contributed by atoms with van der Waals surface area (Å²) in [6, 6.07) is 7.98. The molecule has 1 aromatic carbocycles. The zero-order chi connectivity index (χ0) is 16.1. The number of hydrogen-bond donors (Lipinski definition) is 1. The maximum atomic E-state index is 12.7. The second kappa shape index (κ2) is 7.77. The number of carbonyl (C=O) groups is 2. The van der Waals surface area contributed by atoms with Crippen LogP contribution in [0.25, 0.3) is 0 Å². The summed E-state index contributed by atoms with van der Waals surface area (Å²) in [5.74, 6) is -0.929. The number of carbonyl (C=O) groups excluding carboxylic acids is 1. The fourth-order valence-electron chi connectivity index (χ4n) is 2.94. The van der Waals surface area contributed by atoms with E-state index in [-0.39, 0.29) is 17.7 Å². The molecule has 4 nitrogen and oxygen atoms in total. The van der Waals surface area contributed by atoms with E-state index in [1.807, 2.05) is 36.1 Å². The molecule has 1 heterocycles. The molecule has 1 aromatic rings. The Kier molecular flexibility index (Phi) is 6.00. The molecule has 5 heteroatoms. The first-order valence-corrected chi connectivity index (χ1v) is 8.57. The molecule has 2 rings (SSSR count). The van der Waals surface area contributed by atoms with Gasteiger partial charge in [-0.15, -0.1) is 0 Å². The Morgan fingerprint density at radius 2 is 1.95 bits per heavy atom. The largest absolute Gasteiger partial charge is 0.481 e. The van der Waals surface area contributed by atoms with Gasteiger partial charge in [-0.05, 0) is 37.3 Å². The molecule has 0 unspecified atom stereocenters. The lowest BCUT2D eigenvalue weighted by atomic mass is 9.92. The van der Waals surface area contributed by atoms with Gasteiger partial charge in [0, 0.05) is 23.5 Å². The van der Waals surface area contributed by atoms with Crippen molar-refractivity contribution < 1.29 is 14.7 Å². The molecule has 0 spiro atoms. The molecule has 1 N–H and O–H groups in total. The minimum absolute atomic E-state index is 0.0416. The van der Waals surface area contributed by atoms with Gasteiger partial charge in [0.15, 0.2) is 0 Å². The van der Waals surface area contributed by atoms with Gasteiger partial charge in [-0.25, -0.2) is 0 Å². The minimum Gasteiger partial charge on any atom is -0.481 e. The number of nitrogens with zero attached hydrogens (tertiary/aromatic N) is 1. The van der Waals surface area contributed by atoms with Crippen LogP contribution < -0.4 is 0 Å². The SMILES string of the molecule is CC[C@@H](Cc1ccccc1Br)C(=O)N1CCC(C(=O)O)CC1. The summed E-state index contributed by atoms with van der Waals surface area (Å²) in [6.07, 6.45) is 2.63. The average Bonchev–Trinajstić information content (AvgIpc) is 2.53. The molecule has 22 heavy (non-hydrogen) atoms. The van der Waals surface area contributed by atoms with Gasteiger partial charge in [-0.1, -0.05) is 41.1 Å². The smallest absolute Gasteiger partial charge is 0.306 e. The third kappa shape index (κ3) is 4.09. The number of hydrogen-bond acceptors (Lipinski definition) is 2.